The van der Waals surface area contributed by atoms with Gasteiger partial charge < -0.3 is 5.32 Å². The number of aryl methyl sites for hydroxylation is 2. The topological polar surface area (TPSA) is 54.9 Å². The van der Waals surface area contributed by atoms with Crippen molar-refractivity contribution in [3.05, 3.63) is 76.9 Å². The van der Waals surface area contributed by atoms with E-state index in [1.54, 1.807) is 6.07 Å². The molecule has 196 valence electrons. The van der Waals surface area contributed by atoms with Crippen LogP contribution in [0.4, 0.5) is 10.2 Å². The molecule has 1 amide bonds. The maximum absolute atomic E-state index is 13.8. The van der Waals surface area contributed by atoms with Gasteiger partial charge in [0.25, 0.3) is 0 Å². The third-order valence-corrected chi connectivity index (χ3v) is 7.41. The highest BCUT2D eigenvalue weighted by molar-refractivity contribution is 5.92. The minimum Gasteiger partial charge on any atom is -0.309 e. The van der Waals surface area contributed by atoms with Crippen molar-refractivity contribution >= 4 is 11.7 Å². The summed E-state index contributed by atoms with van der Waals surface area (Å²) in [5.41, 5.74) is 5.51. The zero-order chi connectivity index (χ0) is 26.2. The molecule has 2 aromatic carbocycles. The normalized spacial score (nSPS) is 18.2. The van der Waals surface area contributed by atoms with Crippen molar-refractivity contribution in [2.45, 2.75) is 85.0 Å². The number of hydrogen-bond donors (Lipinski definition) is 1. The van der Waals surface area contributed by atoms with Crippen LogP contribution in [0.2, 0.25) is 0 Å². The molecule has 1 heterocycles. The fraction of sp³-hybridized carbons (Fsp3) is 0.469. The molecule has 1 saturated carbocycles. The molecule has 2 aliphatic rings. The summed E-state index contributed by atoms with van der Waals surface area (Å²) in [4.78, 5) is 22.9. The van der Waals surface area contributed by atoms with E-state index in [0.717, 1.165) is 52.5 Å². The highest BCUT2D eigenvalue weighted by Gasteiger charge is 2.26. The summed E-state index contributed by atoms with van der Waals surface area (Å²) in [6.45, 7) is 6.52. The second-order valence-electron chi connectivity index (χ2n) is 10.5. The van der Waals surface area contributed by atoms with Crippen LogP contribution in [-0.2, 0) is 30.5 Å². The molecular weight excluding hydrogens is 461 g/mol. The number of carbonyl (C=O) groups excluding carboxylic acids is 1. The molecule has 5 heteroatoms. The first-order chi connectivity index (χ1) is 18.0. The molecule has 0 bridgehead atoms. The van der Waals surface area contributed by atoms with Gasteiger partial charge in [-0.25, -0.2) is 14.4 Å². The number of nitrogens with zero attached hydrogens (tertiary/aromatic N) is 2. The minimum atomic E-state index is -0.215. The Kier molecular flexibility index (Phi) is 9.43. The Morgan fingerprint density at radius 2 is 1.76 bits per heavy atom. The Morgan fingerprint density at radius 1 is 1.00 bits per heavy atom. The second-order valence-corrected chi connectivity index (χ2v) is 10.5. The molecule has 1 aromatic heterocycles. The van der Waals surface area contributed by atoms with Crippen LogP contribution in [0.3, 0.4) is 0 Å². The summed E-state index contributed by atoms with van der Waals surface area (Å²) < 4.78 is 13.8. The van der Waals surface area contributed by atoms with Crippen molar-refractivity contribution in [2.75, 3.05) is 5.32 Å². The largest absolute Gasteiger partial charge is 0.309 e. The number of halogens is 1. The molecule has 2 atom stereocenters. The first-order valence-corrected chi connectivity index (χ1v) is 14.0. The van der Waals surface area contributed by atoms with Gasteiger partial charge in [0.05, 0.1) is 23.5 Å². The predicted octanol–water partition coefficient (Wildman–Crippen LogP) is 7.74. The van der Waals surface area contributed by atoms with Gasteiger partial charge in [0, 0.05) is 5.56 Å². The van der Waals surface area contributed by atoms with E-state index in [-0.39, 0.29) is 11.7 Å². The van der Waals surface area contributed by atoms with Gasteiger partial charge in [0.2, 0.25) is 5.91 Å². The maximum atomic E-state index is 13.8. The molecule has 4 nitrogen and oxygen atoms in total. The maximum Gasteiger partial charge on any atom is 0.229 e. The Morgan fingerprint density at radius 3 is 2.51 bits per heavy atom. The van der Waals surface area contributed by atoms with Gasteiger partial charge in [0.1, 0.15) is 5.82 Å². The summed E-state index contributed by atoms with van der Waals surface area (Å²) in [6, 6.07) is 14.7. The first kappa shape index (κ1) is 27.0. The summed E-state index contributed by atoms with van der Waals surface area (Å²) >= 11 is 0. The molecular formula is C32H40FN3O. The molecule has 0 saturated heterocycles. The number of nitrogens with one attached hydrogen (secondary N) is 1. The smallest absolute Gasteiger partial charge is 0.229 e. The molecule has 1 fully saturated rings. The average Bonchev–Trinajstić information content (AvgIpc) is 2.90. The number of rotatable bonds is 6. The van der Waals surface area contributed by atoms with Gasteiger partial charge in [-0.15, -0.1) is 0 Å². The van der Waals surface area contributed by atoms with E-state index in [4.69, 9.17) is 9.97 Å². The summed E-state index contributed by atoms with van der Waals surface area (Å²) in [5.74, 6) is 1.63. The summed E-state index contributed by atoms with van der Waals surface area (Å²) in [7, 11) is 0. The fourth-order valence-corrected chi connectivity index (χ4v) is 5.58. The predicted molar refractivity (Wildman–Crippen MR) is 149 cm³/mol. The van der Waals surface area contributed by atoms with E-state index < -0.39 is 0 Å². The lowest BCUT2D eigenvalue weighted by Crippen LogP contribution is -2.22. The van der Waals surface area contributed by atoms with Gasteiger partial charge in [-0.2, -0.15) is 0 Å². The highest BCUT2D eigenvalue weighted by atomic mass is 19.1. The van der Waals surface area contributed by atoms with Crippen molar-refractivity contribution in [3.8, 4) is 11.3 Å². The Balaban J connectivity index is 0.00000102. The molecule has 2 aliphatic carbocycles. The van der Waals surface area contributed by atoms with Crippen LogP contribution in [0.5, 0.6) is 0 Å². The van der Waals surface area contributed by atoms with Crippen molar-refractivity contribution in [3.63, 3.8) is 0 Å². The van der Waals surface area contributed by atoms with E-state index in [9.17, 15) is 9.18 Å². The molecule has 5 rings (SSSR count). The van der Waals surface area contributed by atoms with Gasteiger partial charge in [-0.3, -0.25) is 4.79 Å². The standard InChI is InChI=1S/C29H32FN3O.C3H8/c1-2-19-9-6-10-21(15-19)16-26-29(33-27(34)17-20-7-4-3-5-8-20)32-25-14-11-22-18-23(30)12-13-24(22)28(25)31-26;1-3-2/h3-5,7-8,12-13,18-19,21H,2,6,9-11,14-17H2,1H3,(H,32,33,34);3H2,1-2H3. The lowest BCUT2D eigenvalue weighted by Gasteiger charge is -2.29. The number of aromatic nitrogens is 2. The first-order valence-electron chi connectivity index (χ1n) is 14.0. The minimum absolute atomic E-state index is 0.0740. The molecule has 37 heavy (non-hydrogen) atoms. The van der Waals surface area contributed by atoms with Crippen LogP contribution in [0.15, 0.2) is 48.5 Å². The van der Waals surface area contributed by atoms with Gasteiger partial charge in [0.15, 0.2) is 5.82 Å². The van der Waals surface area contributed by atoms with E-state index in [0.29, 0.717) is 24.6 Å². The number of carbonyl (C=O) groups is 1. The molecule has 3 aromatic rings. The van der Waals surface area contributed by atoms with E-state index in [1.165, 1.54) is 44.6 Å². The highest BCUT2D eigenvalue weighted by Crippen LogP contribution is 2.37. The second kappa shape index (κ2) is 12.9. The number of benzene rings is 2. The number of fused-ring (bicyclic) bond motifs is 3. The van der Waals surface area contributed by atoms with Crippen LogP contribution >= 0.6 is 0 Å². The van der Waals surface area contributed by atoms with Gasteiger partial charge >= 0.3 is 0 Å². The lowest BCUT2D eigenvalue weighted by molar-refractivity contribution is -0.115. The van der Waals surface area contributed by atoms with Crippen LogP contribution in [-0.4, -0.2) is 15.9 Å². The average molecular weight is 502 g/mol. The van der Waals surface area contributed by atoms with E-state index >= 15 is 0 Å². The lowest BCUT2D eigenvalue weighted by atomic mass is 9.78. The van der Waals surface area contributed by atoms with Crippen LogP contribution < -0.4 is 5.32 Å². The van der Waals surface area contributed by atoms with Crippen LogP contribution in [0, 0.1) is 17.7 Å². The van der Waals surface area contributed by atoms with Crippen molar-refractivity contribution in [1.29, 1.82) is 0 Å². The van der Waals surface area contributed by atoms with Crippen LogP contribution in [0.1, 0.15) is 81.8 Å². The molecule has 1 N–H and O–H groups in total. The third kappa shape index (κ3) is 7.03. The molecule has 2 unspecified atom stereocenters. The van der Waals surface area contributed by atoms with E-state index in [2.05, 4.69) is 26.1 Å². The van der Waals surface area contributed by atoms with E-state index in [1.807, 2.05) is 36.4 Å². The SMILES string of the molecule is CCC.CCC1CCCC(Cc2nc3c(nc2NC(=O)Cc2ccccc2)CCc2cc(F)ccc2-3)C1. The van der Waals surface area contributed by atoms with Crippen molar-refractivity contribution < 1.29 is 9.18 Å². The number of amides is 1. The Labute approximate surface area is 221 Å². The summed E-state index contributed by atoms with van der Waals surface area (Å²) in [6.07, 6.45) is 9.96. The zero-order valence-electron chi connectivity index (χ0n) is 22.5. The van der Waals surface area contributed by atoms with Crippen molar-refractivity contribution in [2.24, 2.45) is 11.8 Å². The quantitative estimate of drug-likeness (QED) is 0.376. The van der Waals surface area contributed by atoms with Gasteiger partial charge in [-0.1, -0.05) is 83.2 Å². The van der Waals surface area contributed by atoms with Crippen LogP contribution in [0.25, 0.3) is 11.3 Å². The Bertz CT molecular complexity index is 1190. The monoisotopic (exact) mass is 501 g/mol. The molecule has 0 aliphatic heterocycles. The molecule has 0 spiro atoms. The van der Waals surface area contributed by atoms with Gasteiger partial charge in [-0.05, 0) is 66.8 Å². The number of hydrogen-bond acceptors (Lipinski definition) is 3. The Hall–Kier alpha value is -3.08. The number of anilines is 1. The molecule has 0 radical (unpaired) electrons. The van der Waals surface area contributed by atoms with Crippen molar-refractivity contribution in [1.82, 2.24) is 9.97 Å². The fourth-order valence-electron chi connectivity index (χ4n) is 5.58. The summed E-state index contributed by atoms with van der Waals surface area (Å²) in [5, 5.41) is 3.08. The third-order valence-electron chi connectivity index (χ3n) is 7.41. The zero-order valence-corrected chi connectivity index (χ0v) is 22.5.